The largest absolute Gasteiger partial charge is 0.300 e. The minimum atomic E-state index is -0.374. The first-order chi connectivity index (χ1) is 14.4. The second-order valence-electron chi connectivity index (χ2n) is 9.52. The highest BCUT2D eigenvalue weighted by atomic mass is 16.6. The summed E-state index contributed by atoms with van der Waals surface area (Å²) in [4.78, 5) is 25.2. The van der Waals surface area contributed by atoms with Crippen LogP contribution in [0.1, 0.15) is 73.4 Å². The van der Waals surface area contributed by atoms with E-state index in [0.29, 0.717) is 11.1 Å². The minimum Gasteiger partial charge on any atom is -0.300 e. The van der Waals surface area contributed by atoms with Crippen LogP contribution in [0.2, 0.25) is 0 Å². The van der Waals surface area contributed by atoms with E-state index < -0.39 is 0 Å². The van der Waals surface area contributed by atoms with E-state index in [1.807, 2.05) is 24.3 Å². The molecule has 0 fully saturated rings. The Morgan fingerprint density at radius 2 is 0.968 bits per heavy atom. The molecule has 7 nitrogen and oxygen atoms in total. The van der Waals surface area contributed by atoms with Gasteiger partial charge < -0.3 is 10.6 Å². The van der Waals surface area contributed by atoms with Gasteiger partial charge in [0.2, 0.25) is 11.6 Å². The van der Waals surface area contributed by atoms with Gasteiger partial charge in [0.05, 0.1) is 0 Å². The maximum absolute atomic E-state index is 12.6. The summed E-state index contributed by atoms with van der Waals surface area (Å²) in [5.41, 5.74) is 3.16. The molecule has 0 spiro atoms. The average molecular weight is 421 g/mol. The van der Waals surface area contributed by atoms with Crippen LogP contribution in [-0.2, 0) is 10.8 Å². The fourth-order valence-electron chi connectivity index (χ4n) is 2.96. The highest BCUT2D eigenvalue weighted by Gasteiger charge is 2.19. The fraction of sp³-hybridized carbons (Fsp3) is 0.333. The number of rotatable bonds is 4. The molecule has 0 saturated heterocycles. The molecule has 0 aliphatic heterocycles. The standard InChI is InChI=1S/C24H28N4O3/c1-23(2,3)17-11-7-15(8-12-17)21(29)25-19-20(28-31-27-19)26-22(30)16-9-13-18(14-10-16)24(4,5)6/h7-14H,1-6H3,(H,25,27,29)(H,26,28,30). The Labute approximate surface area is 182 Å². The lowest BCUT2D eigenvalue weighted by Crippen LogP contribution is -2.18. The molecule has 1 aromatic heterocycles. The van der Waals surface area contributed by atoms with Crippen LogP contribution in [0.25, 0.3) is 0 Å². The number of nitrogens with one attached hydrogen (secondary N) is 2. The summed E-state index contributed by atoms with van der Waals surface area (Å²) in [5.74, 6) is -0.656. The van der Waals surface area contributed by atoms with Crippen LogP contribution < -0.4 is 10.6 Å². The summed E-state index contributed by atoms with van der Waals surface area (Å²) >= 11 is 0. The van der Waals surface area contributed by atoms with Crippen molar-refractivity contribution in [3.8, 4) is 0 Å². The number of benzene rings is 2. The molecule has 1 heterocycles. The molecule has 2 aromatic carbocycles. The van der Waals surface area contributed by atoms with Crippen LogP contribution in [0.3, 0.4) is 0 Å². The van der Waals surface area contributed by atoms with Gasteiger partial charge in [-0.3, -0.25) is 9.59 Å². The van der Waals surface area contributed by atoms with Crippen LogP contribution in [0.5, 0.6) is 0 Å². The summed E-state index contributed by atoms with van der Waals surface area (Å²) in [6, 6.07) is 14.7. The van der Waals surface area contributed by atoms with Crippen molar-refractivity contribution in [2.45, 2.75) is 52.4 Å². The Bertz CT molecular complexity index is 984. The molecule has 0 radical (unpaired) electrons. The number of carbonyl (C=O) groups is 2. The van der Waals surface area contributed by atoms with Crippen molar-refractivity contribution in [3.05, 3.63) is 70.8 Å². The number of aromatic nitrogens is 2. The number of amides is 2. The van der Waals surface area contributed by atoms with Crippen LogP contribution in [0.4, 0.5) is 11.6 Å². The van der Waals surface area contributed by atoms with Gasteiger partial charge in [-0.05, 0) is 56.5 Å². The van der Waals surface area contributed by atoms with Crippen molar-refractivity contribution < 1.29 is 14.2 Å². The molecule has 3 rings (SSSR count). The van der Waals surface area contributed by atoms with Crippen molar-refractivity contribution in [1.82, 2.24) is 10.3 Å². The fourth-order valence-corrected chi connectivity index (χ4v) is 2.96. The first-order valence-electron chi connectivity index (χ1n) is 10.1. The van der Waals surface area contributed by atoms with E-state index in [9.17, 15) is 9.59 Å². The summed E-state index contributed by atoms with van der Waals surface area (Å²) < 4.78 is 4.72. The van der Waals surface area contributed by atoms with Crippen LogP contribution in [0.15, 0.2) is 53.2 Å². The predicted molar refractivity (Wildman–Crippen MR) is 120 cm³/mol. The molecule has 0 aliphatic carbocycles. The first kappa shape index (κ1) is 22.2. The first-order valence-corrected chi connectivity index (χ1v) is 10.1. The summed E-state index contributed by atoms with van der Waals surface area (Å²) in [6.45, 7) is 12.6. The van der Waals surface area contributed by atoms with E-state index in [0.717, 1.165) is 11.1 Å². The average Bonchev–Trinajstić information content (AvgIpc) is 3.13. The maximum atomic E-state index is 12.6. The van der Waals surface area contributed by atoms with Crippen molar-refractivity contribution >= 4 is 23.5 Å². The lowest BCUT2D eigenvalue weighted by Gasteiger charge is -2.19. The summed E-state index contributed by atoms with van der Waals surface area (Å²) in [5, 5.41) is 12.7. The highest BCUT2D eigenvalue weighted by Crippen LogP contribution is 2.24. The van der Waals surface area contributed by atoms with Gasteiger partial charge in [-0.15, -0.1) is 0 Å². The molecule has 162 valence electrons. The number of anilines is 2. The lowest BCUT2D eigenvalue weighted by molar-refractivity contribution is 0.101. The monoisotopic (exact) mass is 420 g/mol. The van der Waals surface area contributed by atoms with Gasteiger partial charge in [0.1, 0.15) is 0 Å². The number of hydrogen-bond donors (Lipinski definition) is 2. The quantitative estimate of drug-likeness (QED) is 0.607. The molecule has 0 saturated carbocycles. The van der Waals surface area contributed by atoms with Gasteiger partial charge in [-0.2, -0.15) is 0 Å². The Morgan fingerprint density at radius 1 is 0.645 bits per heavy atom. The topological polar surface area (TPSA) is 97.1 Å². The third-order valence-corrected chi connectivity index (χ3v) is 4.98. The maximum Gasteiger partial charge on any atom is 0.257 e. The Hall–Kier alpha value is -3.48. The second kappa shape index (κ2) is 8.34. The molecule has 2 amide bonds. The molecule has 0 aliphatic rings. The molecule has 0 atom stereocenters. The van der Waals surface area contributed by atoms with E-state index in [1.165, 1.54) is 0 Å². The number of carbonyl (C=O) groups excluding carboxylic acids is 2. The Balaban J connectivity index is 1.69. The Kier molecular flexibility index (Phi) is 5.97. The van der Waals surface area contributed by atoms with Gasteiger partial charge >= 0.3 is 0 Å². The van der Waals surface area contributed by atoms with Crippen molar-refractivity contribution in [1.29, 1.82) is 0 Å². The van der Waals surface area contributed by atoms with E-state index in [4.69, 9.17) is 4.63 Å². The van der Waals surface area contributed by atoms with Gasteiger partial charge in [0.15, 0.2) is 0 Å². The highest BCUT2D eigenvalue weighted by molar-refractivity contribution is 6.08. The Morgan fingerprint density at radius 3 is 1.26 bits per heavy atom. The van der Waals surface area contributed by atoms with E-state index >= 15 is 0 Å². The van der Waals surface area contributed by atoms with Crippen LogP contribution in [0, 0.1) is 0 Å². The third kappa shape index (κ3) is 5.36. The third-order valence-electron chi connectivity index (χ3n) is 4.98. The van der Waals surface area contributed by atoms with E-state index in [1.54, 1.807) is 24.3 Å². The normalized spacial score (nSPS) is 11.8. The molecular weight excluding hydrogens is 392 g/mol. The van der Waals surface area contributed by atoms with Crippen LogP contribution in [-0.4, -0.2) is 22.1 Å². The molecule has 7 heteroatoms. The van der Waals surface area contributed by atoms with E-state index in [-0.39, 0.29) is 34.3 Å². The predicted octanol–water partition coefficient (Wildman–Crippen LogP) is 5.17. The smallest absolute Gasteiger partial charge is 0.257 e. The van der Waals surface area contributed by atoms with Gasteiger partial charge in [0, 0.05) is 11.1 Å². The number of nitrogens with zero attached hydrogens (tertiary/aromatic N) is 2. The van der Waals surface area contributed by atoms with Crippen LogP contribution >= 0.6 is 0 Å². The zero-order valence-electron chi connectivity index (χ0n) is 18.7. The molecular formula is C24H28N4O3. The molecule has 31 heavy (non-hydrogen) atoms. The summed E-state index contributed by atoms with van der Waals surface area (Å²) in [6.07, 6.45) is 0. The zero-order valence-corrected chi connectivity index (χ0v) is 18.7. The molecule has 3 aromatic rings. The minimum absolute atomic E-state index is 0.00637. The molecule has 0 bridgehead atoms. The lowest BCUT2D eigenvalue weighted by atomic mass is 9.86. The van der Waals surface area contributed by atoms with Crippen molar-refractivity contribution in [2.24, 2.45) is 0 Å². The van der Waals surface area contributed by atoms with Gasteiger partial charge in [0.25, 0.3) is 11.8 Å². The summed E-state index contributed by atoms with van der Waals surface area (Å²) in [7, 11) is 0. The van der Waals surface area contributed by atoms with Gasteiger partial charge in [-0.1, -0.05) is 65.8 Å². The SMILES string of the molecule is CC(C)(C)c1ccc(C(=O)Nc2nonc2NC(=O)c2ccc(C(C)(C)C)cc2)cc1. The molecule has 2 N–H and O–H groups in total. The van der Waals surface area contributed by atoms with E-state index in [2.05, 4.69) is 62.5 Å². The second-order valence-corrected chi connectivity index (χ2v) is 9.52. The number of hydrogen-bond acceptors (Lipinski definition) is 5. The zero-order chi connectivity index (χ0) is 22.8. The van der Waals surface area contributed by atoms with Crippen molar-refractivity contribution in [3.63, 3.8) is 0 Å². The van der Waals surface area contributed by atoms with Crippen molar-refractivity contribution in [2.75, 3.05) is 10.6 Å². The molecule has 0 unspecified atom stereocenters. The van der Waals surface area contributed by atoms with Gasteiger partial charge in [-0.25, -0.2) is 4.63 Å².